The normalized spacial score (nSPS) is 21.0. The van der Waals surface area contributed by atoms with Crippen molar-refractivity contribution in [2.24, 2.45) is 5.41 Å². The summed E-state index contributed by atoms with van der Waals surface area (Å²) in [4.78, 5) is 2.51. The zero-order chi connectivity index (χ0) is 11.9. The highest BCUT2D eigenvalue weighted by Gasteiger charge is 2.30. The first-order valence-corrected chi connectivity index (χ1v) is 8.53. The predicted octanol–water partition coefficient (Wildman–Crippen LogP) is 3.55. The molecule has 1 saturated carbocycles. The molecule has 0 N–H and O–H groups in total. The average Bonchev–Trinajstić information content (AvgIpc) is 2.52. The first kappa shape index (κ1) is 14.7. The van der Waals surface area contributed by atoms with Crippen LogP contribution in [0.3, 0.4) is 0 Å². The molecule has 0 heterocycles. The minimum atomic E-state index is 0.507. The van der Waals surface area contributed by atoms with Crippen molar-refractivity contribution in [2.75, 3.05) is 37.9 Å². The van der Waals surface area contributed by atoms with Crippen molar-refractivity contribution in [1.82, 2.24) is 4.90 Å². The Bertz CT molecular complexity index is 177. The molecule has 1 aliphatic carbocycles. The van der Waals surface area contributed by atoms with E-state index in [-0.39, 0.29) is 0 Å². The molecule has 0 aromatic heterocycles. The van der Waals surface area contributed by atoms with Gasteiger partial charge in [-0.1, -0.05) is 25.7 Å². The summed E-state index contributed by atoms with van der Waals surface area (Å²) in [5.74, 6) is 2.32. The highest BCUT2D eigenvalue weighted by atomic mass is 32.2. The fraction of sp³-hybridized carbons (Fsp3) is 1.00. The van der Waals surface area contributed by atoms with Crippen molar-refractivity contribution in [1.29, 1.82) is 0 Å². The molecule has 1 fully saturated rings. The number of nitrogens with zero attached hydrogens (tertiary/aromatic N) is 1. The Balaban J connectivity index is 2.43. The lowest BCUT2D eigenvalue weighted by molar-refractivity contribution is 0.181. The van der Waals surface area contributed by atoms with Gasteiger partial charge in [0, 0.05) is 18.8 Å². The number of thiol groups is 1. The molecule has 0 aromatic carbocycles. The van der Waals surface area contributed by atoms with E-state index in [0.29, 0.717) is 5.41 Å². The van der Waals surface area contributed by atoms with Crippen LogP contribution >= 0.6 is 24.4 Å². The fourth-order valence-corrected chi connectivity index (χ4v) is 3.65. The minimum absolute atomic E-state index is 0.507. The molecule has 0 bridgehead atoms. The third-order valence-electron chi connectivity index (χ3n) is 3.78. The third-order valence-corrected chi connectivity index (χ3v) is 5.04. The van der Waals surface area contributed by atoms with E-state index in [0.717, 1.165) is 5.75 Å². The van der Waals surface area contributed by atoms with Crippen molar-refractivity contribution in [2.45, 2.75) is 38.5 Å². The van der Waals surface area contributed by atoms with Crippen molar-refractivity contribution in [3.8, 4) is 0 Å². The van der Waals surface area contributed by atoms with Crippen LogP contribution in [0.5, 0.6) is 0 Å². The monoisotopic (exact) mass is 261 g/mol. The van der Waals surface area contributed by atoms with Crippen LogP contribution in [0.25, 0.3) is 0 Å². The van der Waals surface area contributed by atoms with Crippen LogP contribution in [-0.2, 0) is 0 Å². The number of hydrogen-bond acceptors (Lipinski definition) is 3. The van der Waals surface area contributed by atoms with Gasteiger partial charge >= 0.3 is 0 Å². The van der Waals surface area contributed by atoms with Gasteiger partial charge in [-0.3, -0.25) is 0 Å². The highest BCUT2D eigenvalue weighted by molar-refractivity contribution is 7.98. The molecule has 0 amide bonds. The topological polar surface area (TPSA) is 3.24 Å². The van der Waals surface area contributed by atoms with Crippen LogP contribution < -0.4 is 0 Å². The number of rotatable bonds is 6. The summed E-state index contributed by atoms with van der Waals surface area (Å²) >= 11 is 6.57. The van der Waals surface area contributed by atoms with Crippen LogP contribution in [0.15, 0.2) is 0 Å². The van der Waals surface area contributed by atoms with Crippen LogP contribution in [0, 0.1) is 5.41 Å². The van der Waals surface area contributed by atoms with E-state index in [1.165, 1.54) is 57.4 Å². The maximum Gasteiger partial charge on any atom is 0.00694 e. The predicted molar refractivity (Wildman–Crippen MR) is 79.9 cm³/mol. The Hall–Kier alpha value is 0.660. The summed E-state index contributed by atoms with van der Waals surface area (Å²) in [6.07, 6.45) is 10.7. The zero-order valence-electron chi connectivity index (χ0n) is 10.9. The molecule has 1 aliphatic rings. The minimum Gasteiger partial charge on any atom is -0.305 e. The third kappa shape index (κ3) is 4.89. The van der Waals surface area contributed by atoms with Gasteiger partial charge < -0.3 is 4.90 Å². The van der Waals surface area contributed by atoms with Crippen molar-refractivity contribution < 1.29 is 0 Å². The SMILES string of the molecule is CSCCN(C)CC1(CS)CCCCCC1. The summed E-state index contributed by atoms with van der Waals surface area (Å²) in [7, 11) is 2.27. The van der Waals surface area contributed by atoms with E-state index in [2.05, 4.69) is 30.8 Å². The second-order valence-electron chi connectivity index (χ2n) is 5.30. The Morgan fingerprint density at radius 3 is 2.31 bits per heavy atom. The van der Waals surface area contributed by atoms with Crippen molar-refractivity contribution >= 4 is 24.4 Å². The van der Waals surface area contributed by atoms with Gasteiger partial charge in [-0.25, -0.2) is 0 Å². The lowest BCUT2D eigenvalue weighted by Gasteiger charge is -2.35. The van der Waals surface area contributed by atoms with E-state index < -0.39 is 0 Å². The number of thioether (sulfide) groups is 1. The molecule has 0 atom stereocenters. The molecule has 1 rings (SSSR count). The Labute approximate surface area is 111 Å². The lowest BCUT2D eigenvalue weighted by Crippen LogP contribution is -2.38. The first-order chi connectivity index (χ1) is 7.72. The highest BCUT2D eigenvalue weighted by Crippen LogP contribution is 2.36. The van der Waals surface area contributed by atoms with Gasteiger partial charge in [0.05, 0.1) is 0 Å². The smallest absolute Gasteiger partial charge is 0.00694 e. The summed E-state index contributed by atoms with van der Waals surface area (Å²) in [5.41, 5.74) is 0.507. The summed E-state index contributed by atoms with van der Waals surface area (Å²) < 4.78 is 0. The Morgan fingerprint density at radius 2 is 1.81 bits per heavy atom. The van der Waals surface area contributed by atoms with E-state index in [9.17, 15) is 0 Å². The zero-order valence-corrected chi connectivity index (χ0v) is 12.6. The maximum absolute atomic E-state index is 4.63. The lowest BCUT2D eigenvalue weighted by atomic mass is 9.82. The van der Waals surface area contributed by atoms with Gasteiger partial charge in [0.25, 0.3) is 0 Å². The second-order valence-corrected chi connectivity index (χ2v) is 6.60. The van der Waals surface area contributed by atoms with Gasteiger partial charge in [0.15, 0.2) is 0 Å². The van der Waals surface area contributed by atoms with Crippen molar-refractivity contribution in [3.63, 3.8) is 0 Å². The van der Waals surface area contributed by atoms with Crippen LogP contribution in [0.4, 0.5) is 0 Å². The average molecular weight is 262 g/mol. The van der Waals surface area contributed by atoms with Crippen LogP contribution in [0.2, 0.25) is 0 Å². The summed E-state index contributed by atoms with van der Waals surface area (Å²) in [5, 5.41) is 0. The molecular weight excluding hydrogens is 234 g/mol. The molecular formula is C13H27NS2. The molecule has 96 valence electrons. The number of hydrogen-bond donors (Lipinski definition) is 1. The van der Waals surface area contributed by atoms with E-state index in [4.69, 9.17) is 0 Å². The van der Waals surface area contributed by atoms with Crippen molar-refractivity contribution in [3.05, 3.63) is 0 Å². The standard InChI is InChI=1S/C13H27NS2/c1-14(9-10-16-2)11-13(12-15)7-5-3-4-6-8-13/h15H,3-12H2,1-2H3. The molecule has 0 radical (unpaired) electrons. The Morgan fingerprint density at radius 1 is 1.19 bits per heavy atom. The largest absolute Gasteiger partial charge is 0.305 e. The second kappa shape index (κ2) is 7.88. The van der Waals surface area contributed by atoms with Gasteiger partial charge in [0.2, 0.25) is 0 Å². The molecule has 3 heteroatoms. The molecule has 16 heavy (non-hydrogen) atoms. The molecule has 1 nitrogen and oxygen atoms in total. The van der Waals surface area contributed by atoms with Gasteiger partial charge in [0.1, 0.15) is 0 Å². The summed E-state index contributed by atoms with van der Waals surface area (Å²) in [6, 6.07) is 0. The van der Waals surface area contributed by atoms with Crippen LogP contribution in [0.1, 0.15) is 38.5 Å². The van der Waals surface area contributed by atoms with E-state index in [1.807, 2.05) is 11.8 Å². The molecule has 0 aliphatic heterocycles. The van der Waals surface area contributed by atoms with E-state index in [1.54, 1.807) is 0 Å². The fourth-order valence-electron chi connectivity index (χ4n) is 2.74. The van der Waals surface area contributed by atoms with Gasteiger partial charge in [-0.15, -0.1) is 0 Å². The van der Waals surface area contributed by atoms with Gasteiger partial charge in [-0.05, 0) is 37.3 Å². The summed E-state index contributed by atoms with van der Waals surface area (Å²) in [6.45, 7) is 2.47. The quantitative estimate of drug-likeness (QED) is 0.575. The Kier molecular flexibility index (Phi) is 7.25. The van der Waals surface area contributed by atoms with Gasteiger partial charge in [-0.2, -0.15) is 24.4 Å². The van der Waals surface area contributed by atoms with E-state index >= 15 is 0 Å². The molecule has 0 unspecified atom stereocenters. The first-order valence-electron chi connectivity index (χ1n) is 6.51. The molecule has 0 aromatic rings. The molecule has 0 saturated heterocycles. The van der Waals surface area contributed by atoms with Crippen LogP contribution in [-0.4, -0.2) is 42.8 Å². The molecule has 0 spiro atoms. The maximum atomic E-state index is 4.63.